The van der Waals surface area contributed by atoms with Gasteiger partial charge in [0.25, 0.3) is 0 Å². The van der Waals surface area contributed by atoms with Crippen LogP contribution in [-0.2, 0) is 6.42 Å². The molecule has 0 amide bonds. The Hall–Kier alpha value is -0.780. The van der Waals surface area contributed by atoms with Crippen LogP contribution in [0.1, 0.15) is 82.8 Å². The van der Waals surface area contributed by atoms with E-state index in [4.69, 9.17) is 0 Å². The minimum Gasteiger partial charge on any atom is -0.0654 e. The number of hydrogen-bond acceptors (Lipinski definition) is 0. The molecule has 0 bridgehead atoms. The van der Waals surface area contributed by atoms with Crippen LogP contribution in [0.4, 0.5) is 0 Å². The van der Waals surface area contributed by atoms with Gasteiger partial charge in [-0.2, -0.15) is 0 Å². The fourth-order valence-corrected chi connectivity index (χ4v) is 4.03. The van der Waals surface area contributed by atoms with Crippen LogP contribution in [0, 0.1) is 11.8 Å². The SMILES string of the molecule is CCCCc1cccc(C(C(C)C)C2CCCCC2)c1. The first-order chi connectivity index (χ1) is 9.72. The number of benzene rings is 1. The highest BCUT2D eigenvalue weighted by atomic mass is 14.3. The molecule has 0 nitrogen and oxygen atoms in total. The Morgan fingerprint density at radius 3 is 2.50 bits per heavy atom. The molecule has 1 atom stereocenters. The van der Waals surface area contributed by atoms with Crippen molar-refractivity contribution < 1.29 is 0 Å². The van der Waals surface area contributed by atoms with Gasteiger partial charge in [-0.15, -0.1) is 0 Å². The van der Waals surface area contributed by atoms with Crippen LogP contribution < -0.4 is 0 Å². The van der Waals surface area contributed by atoms with Gasteiger partial charge < -0.3 is 0 Å². The molecule has 0 heterocycles. The maximum absolute atomic E-state index is 2.51. The molecular weight excluding hydrogens is 240 g/mol. The van der Waals surface area contributed by atoms with Crippen LogP contribution in [0.5, 0.6) is 0 Å². The smallest absolute Gasteiger partial charge is 0.0110 e. The number of rotatable bonds is 6. The molecule has 1 saturated carbocycles. The van der Waals surface area contributed by atoms with Gasteiger partial charge >= 0.3 is 0 Å². The molecule has 1 aromatic rings. The van der Waals surface area contributed by atoms with Crippen molar-refractivity contribution in [2.45, 2.75) is 78.1 Å². The van der Waals surface area contributed by atoms with Crippen LogP contribution in [0.25, 0.3) is 0 Å². The minimum absolute atomic E-state index is 0.763. The van der Waals surface area contributed by atoms with Crippen molar-refractivity contribution in [3.63, 3.8) is 0 Å². The summed E-state index contributed by atoms with van der Waals surface area (Å²) in [6.07, 6.45) is 11.1. The molecule has 0 aliphatic heterocycles. The molecule has 0 saturated heterocycles. The van der Waals surface area contributed by atoms with Gasteiger partial charge in [0.2, 0.25) is 0 Å². The van der Waals surface area contributed by atoms with Gasteiger partial charge in [-0.3, -0.25) is 0 Å². The monoisotopic (exact) mass is 272 g/mol. The van der Waals surface area contributed by atoms with E-state index in [2.05, 4.69) is 45.0 Å². The quantitative estimate of drug-likeness (QED) is 0.566. The lowest BCUT2D eigenvalue weighted by Crippen LogP contribution is -2.21. The molecule has 1 aromatic carbocycles. The predicted molar refractivity (Wildman–Crippen MR) is 89.2 cm³/mol. The van der Waals surface area contributed by atoms with Gasteiger partial charge in [0.05, 0.1) is 0 Å². The summed E-state index contributed by atoms with van der Waals surface area (Å²) in [6, 6.07) is 9.50. The van der Waals surface area contributed by atoms with E-state index in [1.807, 2.05) is 0 Å². The highest BCUT2D eigenvalue weighted by Crippen LogP contribution is 2.40. The van der Waals surface area contributed by atoms with Crippen LogP contribution in [-0.4, -0.2) is 0 Å². The number of hydrogen-bond donors (Lipinski definition) is 0. The Balaban J connectivity index is 2.15. The van der Waals surface area contributed by atoms with E-state index in [1.165, 1.54) is 51.4 Å². The second-order valence-corrected chi connectivity index (χ2v) is 7.02. The van der Waals surface area contributed by atoms with Crippen molar-refractivity contribution in [2.75, 3.05) is 0 Å². The molecule has 1 aliphatic carbocycles. The van der Waals surface area contributed by atoms with E-state index in [0.29, 0.717) is 0 Å². The minimum atomic E-state index is 0.763. The van der Waals surface area contributed by atoms with Gasteiger partial charge in [-0.1, -0.05) is 70.7 Å². The largest absolute Gasteiger partial charge is 0.0654 e. The summed E-state index contributed by atoms with van der Waals surface area (Å²) in [6.45, 7) is 7.11. The van der Waals surface area contributed by atoms with Crippen molar-refractivity contribution in [1.82, 2.24) is 0 Å². The lowest BCUT2D eigenvalue weighted by molar-refractivity contribution is 0.260. The number of unbranched alkanes of at least 4 members (excludes halogenated alkanes) is 1. The maximum atomic E-state index is 2.51. The first kappa shape index (κ1) is 15.6. The van der Waals surface area contributed by atoms with E-state index < -0.39 is 0 Å². The molecule has 0 spiro atoms. The lowest BCUT2D eigenvalue weighted by atomic mass is 9.71. The fourth-order valence-electron chi connectivity index (χ4n) is 4.03. The van der Waals surface area contributed by atoms with Gasteiger partial charge in [0.15, 0.2) is 0 Å². The lowest BCUT2D eigenvalue weighted by Gasteiger charge is -2.33. The summed E-state index contributed by atoms with van der Waals surface area (Å²) in [5.74, 6) is 2.46. The molecule has 0 radical (unpaired) electrons. The van der Waals surface area contributed by atoms with Crippen molar-refractivity contribution in [1.29, 1.82) is 0 Å². The molecule has 112 valence electrons. The molecule has 0 aromatic heterocycles. The summed E-state index contributed by atoms with van der Waals surface area (Å²) in [7, 11) is 0. The van der Waals surface area contributed by atoms with E-state index in [0.717, 1.165) is 17.8 Å². The second-order valence-electron chi connectivity index (χ2n) is 7.02. The third-order valence-corrected chi connectivity index (χ3v) is 5.03. The standard InChI is InChI=1S/C20H32/c1-4-5-10-17-11-9-14-19(15-17)20(16(2)3)18-12-7-6-8-13-18/h9,11,14-16,18,20H,4-8,10,12-13H2,1-3H3. The van der Waals surface area contributed by atoms with Gasteiger partial charge in [0, 0.05) is 0 Å². The molecule has 1 unspecified atom stereocenters. The van der Waals surface area contributed by atoms with Crippen LogP contribution in [0.15, 0.2) is 24.3 Å². The zero-order valence-corrected chi connectivity index (χ0v) is 13.7. The molecule has 0 N–H and O–H groups in total. The highest BCUT2D eigenvalue weighted by molar-refractivity contribution is 5.27. The average molecular weight is 272 g/mol. The summed E-state index contributed by atoms with van der Waals surface area (Å²) in [5.41, 5.74) is 3.16. The Morgan fingerprint density at radius 2 is 1.85 bits per heavy atom. The van der Waals surface area contributed by atoms with Crippen LogP contribution in [0.3, 0.4) is 0 Å². The van der Waals surface area contributed by atoms with Crippen molar-refractivity contribution in [3.8, 4) is 0 Å². The average Bonchev–Trinajstić information content (AvgIpc) is 2.46. The zero-order chi connectivity index (χ0) is 14.4. The first-order valence-electron chi connectivity index (χ1n) is 8.81. The molecule has 1 fully saturated rings. The Bertz CT molecular complexity index is 385. The summed E-state index contributed by atoms with van der Waals surface area (Å²) >= 11 is 0. The molecule has 0 heteroatoms. The van der Waals surface area contributed by atoms with Crippen molar-refractivity contribution in [2.24, 2.45) is 11.8 Å². The van der Waals surface area contributed by atoms with Gasteiger partial charge in [-0.05, 0) is 54.6 Å². The molecule has 20 heavy (non-hydrogen) atoms. The third-order valence-electron chi connectivity index (χ3n) is 5.03. The van der Waals surface area contributed by atoms with Crippen LogP contribution >= 0.6 is 0 Å². The van der Waals surface area contributed by atoms with Crippen molar-refractivity contribution >= 4 is 0 Å². The second kappa shape index (κ2) is 7.86. The fraction of sp³-hybridized carbons (Fsp3) is 0.700. The maximum Gasteiger partial charge on any atom is -0.0110 e. The predicted octanol–water partition coefficient (Wildman–Crippen LogP) is 6.35. The zero-order valence-electron chi connectivity index (χ0n) is 13.7. The van der Waals surface area contributed by atoms with E-state index in [-0.39, 0.29) is 0 Å². The van der Waals surface area contributed by atoms with Crippen molar-refractivity contribution in [3.05, 3.63) is 35.4 Å². The Labute approximate surface area is 126 Å². The highest BCUT2D eigenvalue weighted by Gasteiger charge is 2.27. The normalized spacial score (nSPS) is 18.4. The summed E-state index contributed by atoms with van der Waals surface area (Å²) in [4.78, 5) is 0. The van der Waals surface area contributed by atoms with Gasteiger partial charge in [0.1, 0.15) is 0 Å². The van der Waals surface area contributed by atoms with E-state index in [9.17, 15) is 0 Å². The van der Waals surface area contributed by atoms with E-state index in [1.54, 1.807) is 11.1 Å². The summed E-state index contributed by atoms with van der Waals surface area (Å²) in [5, 5.41) is 0. The first-order valence-corrected chi connectivity index (χ1v) is 8.81. The Morgan fingerprint density at radius 1 is 1.10 bits per heavy atom. The molecule has 2 rings (SSSR count). The topological polar surface area (TPSA) is 0 Å². The van der Waals surface area contributed by atoms with E-state index >= 15 is 0 Å². The Kier molecular flexibility index (Phi) is 6.13. The van der Waals surface area contributed by atoms with Crippen LogP contribution in [0.2, 0.25) is 0 Å². The molecular formula is C20H32. The molecule has 1 aliphatic rings. The number of aryl methyl sites for hydroxylation is 1. The summed E-state index contributed by atoms with van der Waals surface area (Å²) < 4.78 is 0. The van der Waals surface area contributed by atoms with Gasteiger partial charge in [-0.25, -0.2) is 0 Å². The third kappa shape index (κ3) is 4.11.